The van der Waals surface area contributed by atoms with Crippen LogP contribution in [0.2, 0.25) is 0 Å². The molecule has 0 amide bonds. The maximum absolute atomic E-state index is 12.2. The summed E-state index contributed by atoms with van der Waals surface area (Å²) in [5, 5.41) is 0. The molecule has 1 aromatic rings. The van der Waals surface area contributed by atoms with E-state index >= 15 is 0 Å². The number of carbonyl (C=O) groups is 1. The first kappa shape index (κ1) is 16.2. The largest absolute Gasteiger partial charge is 0.300 e. The van der Waals surface area contributed by atoms with Gasteiger partial charge < -0.3 is 0 Å². The van der Waals surface area contributed by atoms with Crippen molar-refractivity contribution in [3.8, 4) is 0 Å². The van der Waals surface area contributed by atoms with Crippen molar-refractivity contribution in [2.75, 3.05) is 0 Å². The zero-order chi connectivity index (χ0) is 16.1. The van der Waals surface area contributed by atoms with Gasteiger partial charge in [-0.05, 0) is 62.5 Å². The van der Waals surface area contributed by atoms with Gasteiger partial charge in [0.1, 0.15) is 5.78 Å². The quantitative estimate of drug-likeness (QED) is 0.709. The zero-order valence-electron chi connectivity index (χ0n) is 14.0. The van der Waals surface area contributed by atoms with Gasteiger partial charge in [0.2, 0.25) is 0 Å². The minimum atomic E-state index is 0.261. The highest BCUT2D eigenvalue weighted by molar-refractivity contribution is 5.79. The Bertz CT molecular complexity index is 575. The van der Waals surface area contributed by atoms with Gasteiger partial charge in [0.15, 0.2) is 0 Å². The Hall–Kier alpha value is -1.70. The third-order valence-electron chi connectivity index (χ3n) is 5.51. The molecule has 1 fully saturated rings. The van der Waals surface area contributed by atoms with Crippen molar-refractivity contribution >= 4 is 5.78 Å². The second-order valence-electron chi connectivity index (χ2n) is 7.02. The van der Waals surface area contributed by atoms with E-state index in [1.54, 1.807) is 6.92 Å². The lowest BCUT2D eigenvalue weighted by molar-refractivity contribution is -0.124. The summed E-state index contributed by atoms with van der Waals surface area (Å²) in [6.07, 6.45) is 17.9. The number of hydrogen-bond donors (Lipinski definition) is 0. The number of fused-ring (bicyclic) bond motifs is 1. The number of nitrogens with zero attached hydrogens (tertiary/aromatic N) is 1. The van der Waals surface area contributed by atoms with Crippen LogP contribution in [-0.4, -0.2) is 10.8 Å². The molecule has 4 unspecified atom stereocenters. The van der Waals surface area contributed by atoms with Crippen LogP contribution in [0, 0.1) is 23.7 Å². The smallest absolute Gasteiger partial charge is 0.133 e. The second-order valence-corrected chi connectivity index (χ2v) is 7.02. The van der Waals surface area contributed by atoms with Gasteiger partial charge in [-0.2, -0.15) is 0 Å². The van der Waals surface area contributed by atoms with Gasteiger partial charge in [0.25, 0.3) is 0 Å². The Balaban J connectivity index is 1.52. The van der Waals surface area contributed by atoms with E-state index in [1.165, 1.54) is 19.3 Å². The van der Waals surface area contributed by atoms with Crippen LogP contribution in [0.25, 0.3) is 0 Å². The summed E-state index contributed by atoms with van der Waals surface area (Å²) in [7, 11) is 0. The molecule has 1 heterocycles. The Morgan fingerprint density at radius 3 is 2.96 bits per heavy atom. The third-order valence-corrected chi connectivity index (χ3v) is 5.51. The molecule has 2 aliphatic rings. The average Bonchev–Trinajstić information content (AvgIpc) is 3.03. The van der Waals surface area contributed by atoms with Crippen LogP contribution in [0.1, 0.15) is 44.7 Å². The van der Waals surface area contributed by atoms with Gasteiger partial charge in [-0.3, -0.25) is 9.78 Å². The van der Waals surface area contributed by atoms with E-state index in [9.17, 15) is 4.79 Å². The number of rotatable bonds is 6. The zero-order valence-corrected chi connectivity index (χ0v) is 14.0. The predicted octanol–water partition coefficient (Wildman–Crippen LogP) is 4.77. The monoisotopic (exact) mass is 309 g/mol. The van der Waals surface area contributed by atoms with E-state index < -0.39 is 0 Å². The normalized spacial score (nSPS) is 29.8. The molecule has 0 spiro atoms. The van der Waals surface area contributed by atoms with Crippen LogP contribution >= 0.6 is 0 Å². The Kier molecular flexibility index (Phi) is 5.43. The fourth-order valence-corrected chi connectivity index (χ4v) is 4.43. The Morgan fingerprint density at radius 1 is 1.26 bits per heavy atom. The minimum Gasteiger partial charge on any atom is -0.300 e. The first-order chi connectivity index (χ1) is 11.3. The van der Waals surface area contributed by atoms with Crippen LogP contribution in [0.5, 0.6) is 0 Å². The summed E-state index contributed by atoms with van der Waals surface area (Å²) in [4.78, 5) is 16.5. The highest BCUT2D eigenvalue weighted by atomic mass is 16.1. The molecule has 3 rings (SSSR count). The highest BCUT2D eigenvalue weighted by Crippen LogP contribution is 2.45. The van der Waals surface area contributed by atoms with Crippen LogP contribution in [0.4, 0.5) is 0 Å². The first-order valence-corrected chi connectivity index (χ1v) is 8.99. The third kappa shape index (κ3) is 3.99. The maximum atomic E-state index is 12.2. The minimum absolute atomic E-state index is 0.261. The summed E-state index contributed by atoms with van der Waals surface area (Å²) >= 11 is 0. The van der Waals surface area contributed by atoms with E-state index in [1.807, 2.05) is 18.3 Å². The van der Waals surface area contributed by atoms with Gasteiger partial charge in [0, 0.05) is 24.2 Å². The van der Waals surface area contributed by atoms with Gasteiger partial charge in [-0.1, -0.05) is 36.8 Å². The van der Waals surface area contributed by atoms with Crippen LogP contribution < -0.4 is 0 Å². The molecule has 1 saturated carbocycles. The van der Waals surface area contributed by atoms with E-state index in [0.29, 0.717) is 23.5 Å². The van der Waals surface area contributed by atoms with Crippen molar-refractivity contribution in [1.82, 2.24) is 4.98 Å². The van der Waals surface area contributed by atoms with Crippen molar-refractivity contribution in [3.63, 3.8) is 0 Å². The molecule has 2 heteroatoms. The number of ketones is 1. The van der Waals surface area contributed by atoms with Gasteiger partial charge in [-0.15, -0.1) is 0 Å². The molecule has 0 aromatic carbocycles. The number of carbonyl (C=O) groups excluding carboxylic acids is 1. The Morgan fingerprint density at radius 2 is 2.17 bits per heavy atom. The van der Waals surface area contributed by atoms with Crippen molar-refractivity contribution in [3.05, 3.63) is 54.4 Å². The maximum Gasteiger partial charge on any atom is 0.133 e. The van der Waals surface area contributed by atoms with E-state index in [0.717, 1.165) is 25.0 Å². The predicted molar refractivity (Wildman–Crippen MR) is 93.9 cm³/mol. The van der Waals surface area contributed by atoms with E-state index in [-0.39, 0.29) is 5.92 Å². The average molecular weight is 309 g/mol. The van der Waals surface area contributed by atoms with Crippen LogP contribution in [0.3, 0.4) is 0 Å². The van der Waals surface area contributed by atoms with Crippen molar-refractivity contribution in [2.45, 2.75) is 45.4 Å². The van der Waals surface area contributed by atoms with Crippen molar-refractivity contribution < 1.29 is 4.79 Å². The molecular formula is C21H27NO. The number of allylic oxidation sites excluding steroid dienone is 4. The summed E-state index contributed by atoms with van der Waals surface area (Å²) in [5.41, 5.74) is 1.11. The molecule has 2 aliphatic carbocycles. The van der Waals surface area contributed by atoms with Gasteiger partial charge in [-0.25, -0.2) is 0 Å². The summed E-state index contributed by atoms with van der Waals surface area (Å²) in [6.45, 7) is 1.79. The lowest BCUT2D eigenvalue weighted by Gasteiger charge is -2.34. The fraction of sp³-hybridized carbons (Fsp3) is 0.524. The van der Waals surface area contributed by atoms with Crippen molar-refractivity contribution in [1.29, 1.82) is 0 Å². The molecule has 0 N–H and O–H groups in total. The Labute approximate surface area is 139 Å². The molecule has 0 radical (unpaired) electrons. The molecule has 1 aromatic heterocycles. The number of Topliss-reactive ketones (excluding diaryl/α,β-unsaturated/α-hetero) is 1. The van der Waals surface area contributed by atoms with E-state index in [4.69, 9.17) is 0 Å². The molecule has 0 saturated heterocycles. The molecular weight excluding hydrogens is 282 g/mol. The lowest BCUT2D eigenvalue weighted by Crippen LogP contribution is -2.33. The van der Waals surface area contributed by atoms with Crippen molar-refractivity contribution in [2.24, 2.45) is 23.7 Å². The SMILES string of the molecule is CC(=O)C1C(CCC=CCc2ccccn2)C=CC2CCCC21. The number of hydrogen-bond acceptors (Lipinski definition) is 2. The molecule has 4 atom stereocenters. The summed E-state index contributed by atoms with van der Waals surface area (Å²) in [6, 6.07) is 6.03. The van der Waals surface area contributed by atoms with Crippen LogP contribution in [0.15, 0.2) is 48.7 Å². The van der Waals surface area contributed by atoms with Gasteiger partial charge >= 0.3 is 0 Å². The number of aromatic nitrogens is 1. The molecule has 122 valence electrons. The molecule has 2 nitrogen and oxygen atoms in total. The molecule has 0 bridgehead atoms. The first-order valence-electron chi connectivity index (χ1n) is 8.99. The number of pyridine rings is 1. The molecule has 0 aliphatic heterocycles. The summed E-state index contributed by atoms with van der Waals surface area (Å²) < 4.78 is 0. The topological polar surface area (TPSA) is 30.0 Å². The molecule has 23 heavy (non-hydrogen) atoms. The fourth-order valence-electron chi connectivity index (χ4n) is 4.43. The van der Waals surface area contributed by atoms with Crippen LogP contribution in [-0.2, 0) is 11.2 Å². The summed E-state index contributed by atoms with van der Waals surface area (Å²) in [5.74, 6) is 2.37. The standard InChI is InChI=1S/C21H27NO/c1-16(23)21-18(14-13-17-9-7-12-20(17)21)8-3-2-4-10-19-11-5-6-15-22-19/h2,4-6,11,13-15,17-18,20-21H,3,7-10,12H2,1H3. The van der Waals surface area contributed by atoms with E-state index in [2.05, 4.69) is 35.4 Å². The second kappa shape index (κ2) is 7.72. The lowest BCUT2D eigenvalue weighted by atomic mass is 9.69. The van der Waals surface area contributed by atoms with Gasteiger partial charge in [0.05, 0.1) is 0 Å². The highest BCUT2D eigenvalue weighted by Gasteiger charge is 2.40.